The molecule has 0 atom stereocenters. The highest BCUT2D eigenvalue weighted by molar-refractivity contribution is 5.99. The number of fused-ring (bicyclic) bond motifs is 2. The third-order valence-electron chi connectivity index (χ3n) is 4.57. The second kappa shape index (κ2) is 6.59. The van der Waals surface area contributed by atoms with E-state index in [0.717, 1.165) is 17.7 Å². The van der Waals surface area contributed by atoms with Gasteiger partial charge in [0.25, 0.3) is 0 Å². The van der Waals surface area contributed by atoms with Crippen molar-refractivity contribution in [2.45, 2.75) is 19.3 Å². The fraction of sp³-hybridized carbons (Fsp3) is 0.263. The second-order valence-electron chi connectivity index (χ2n) is 6.26. The number of benzene rings is 2. The van der Waals surface area contributed by atoms with Crippen LogP contribution in [-0.4, -0.2) is 25.2 Å². The molecule has 2 amide bonds. The summed E-state index contributed by atoms with van der Waals surface area (Å²) in [6.07, 6.45) is 1.38. The molecule has 0 fully saturated rings. The molecule has 0 unspecified atom stereocenters. The van der Waals surface area contributed by atoms with Gasteiger partial charge in [0.05, 0.1) is 11.4 Å². The van der Waals surface area contributed by atoms with Crippen LogP contribution in [0.5, 0.6) is 11.5 Å². The Morgan fingerprint density at radius 1 is 1.15 bits per heavy atom. The molecule has 0 spiro atoms. The van der Waals surface area contributed by atoms with Crippen molar-refractivity contribution in [1.29, 1.82) is 0 Å². The van der Waals surface area contributed by atoms with Crippen molar-refractivity contribution >= 4 is 28.9 Å². The van der Waals surface area contributed by atoms with E-state index in [2.05, 4.69) is 5.32 Å². The Kier molecular flexibility index (Phi) is 4.12. The molecule has 7 nitrogen and oxygen atoms in total. The van der Waals surface area contributed by atoms with Gasteiger partial charge in [0.15, 0.2) is 11.5 Å². The van der Waals surface area contributed by atoms with Crippen LogP contribution >= 0.6 is 0 Å². The number of rotatable bonds is 4. The number of nitrogens with zero attached hydrogens (tertiary/aromatic N) is 1. The lowest BCUT2D eigenvalue weighted by molar-refractivity contribution is -0.119. The van der Waals surface area contributed by atoms with Crippen LogP contribution in [0, 0.1) is 0 Å². The minimum absolute atomic E-state index is 0.0408. The Hall–Kier alpha value is -3.22. The first-order valence-electron chi connectivity index (χ1n) is 8.49. The molecule has 0 bridgehead atoms. The number of aryl methyl sites for hydroxylation is 1. The number of hydrogen-bond donors (Lipinski definition) is 2. The van der Waals surface area contributed by atoms with E-state index in [1.165, 1.54) is 0 Å². The molecule has 2 heterocycles. The summed E-state index contributed by atoms with van der Waals surface area (Å²) in [7, 11) is 0. The van der Waals surface area contributed by atoms with Gasteiger partial charge in [-0.05, 0) is 18.1 Å². The number of anilines is 3. The van der Waals surface area contributed by atoms with Crippen LogP contribution in [0.2, 0.25) is 0 Å². The minimum Gasteiger partial charge on any atom is -0.454 e. The molecule has 0 saturated heterocycles. The van der Waals surface area contributed by atoms with Gasteiger partial charge in [-0.2, -0.15) is 0 Å². The van der Waals surface area contributed by atoms with Crippen molar-refractivity contribution < 1.29 is 19.1 Å². The number of para-hydroxylation sites is 1. The van der Waals surface area contributed by atoms with Crippen LogP contribution in [-0.2, 0) is 16.0 Å². The summed E-state index contributed by atoms with van der Waals surface area (Å²) >= 11 is 0. The molecule has 2 aliphatic rings. The predicted molar refractivity (Wildman–Crippen MR) is 97.3 cm³/mol. The van der Waals surface area contributed by atoms with Gasteiger partial charge in [-0.1, -0.05) is 18.2 Å². The molecule has 2 aromatic rings. The quantitative estimate of drug-likeness (QED) is 0.823. The van der Waals surface area contributed by atoms with E-state index in [-0.39, 0.29) is 25.0 Å². The Morgan fingerprint density at radius 3 is 2.77 bits per heavy atom. The van der Waals surface area contributed by atoms with Crippen molar-refractivity contribution in [1.82, 2.24) is 0 Å². The standard InChI is InChI=1S/C19H19N3O4/c20-13-9-16-17(26-11-25-16)10-14(13)21-18(23)7-8-22-15-4-2-1-3-12(15)5-6-19(22)24/h1-4,9-10H,5-8,11,20H2,(H,21,23). The summed E-state index contributed by atoms with van der Waals surface area (Å²) in [6, 6.07) is 11.1. The van der Waals surface area contributed by atoms with Crippen molar-refractivity contribution in [3.05, 3.63) is 42.0 Å². The minimum atomic E-state index is -0.216. The number of nitrogen functional groups attached to an aromatic ring is 1. The predicted octanol–water partition coefficient (Wildman–Crippen LogP) is 2.31. The van der Waals surface area contributed by atoms with E-state index in [1.54, 1.807) is 17.0 Å². The zero-order valence-corrected chi connectivity index (χ0v) is 14.2. The van der Waals surface area contributed by atoms with Crippen LogP contribution in [0.4, 0.5) is 17.1 Å². The lowest BCUT2D eigenvalue weighted by Crippen LogP contribution is -2.37. The fourth-order valence-corrected chi connectivity index (χ4v) is 3.23. The SMILES string of the molecule is Nc1cc2c(cc1NC(=O)CCN1C(=O)CCc3ccccc31)OCO2. The number of nitrogens with one attached hydrogen (secondary N) is 1. The Morgan fingerprint density at radius 2 is 1.92 bits per heavy atom. The maximum absolute atomic E-state index is 12.3. The zero-order valence-electron chi connectivity index (χ0n) is 14.2. The molecule has 0 aliphatic carbocycles. The molecule has 0 saturated carbocycles. The maximum atomic E-state index is 12.3. The van der Waals surface area contributed by atoms with Gasteiger partial charge in [0.1, 0.15) is 0 Å². The van der Waals surface area contributed by atoms with Gasteiger partial charge in [0, 0.05) is 37.2 Å². The smallest absolute Gasteiger partial charge is 0.231 e. The first kappa shape index (κ1) is 16.3. The molecular formula is C19H19N3O4. The molecule has 26 heavy (non-hydrogen) atoms. The number of carbonyl (C=O) groups is 2. The van der Waals surface area contributed by atoms with Crippen LogP contribution < -0.4 is 25.4 Å². The number of amides is 2. The molecule has 3 N–H and O–H groups in total. The Labute approximate surface area is 150 Å². The Balaban J connectivity index is 1.43. The summed E-state index contributed by atoms with van der Waals surface area (Å²) in [5.74, 6) is 0.941. The highest BCUT2D eigenvalue weighted by Crippen LogP contribution is 2.38. The van der Waals surface area contributed by atoms with Gasteiger partial charge < -0.3 is 25.4 Å². The first-order chi connectivity index (χ1) is 12.6. The van der Waals surface area contributed by atoms with E-state index < -0.39 is 0 Å². The lowest BCUT2D eigenvalue weighted by atomic mass is 10.0. The number of carbonyl (C=O) groups excluding carboxylic acids is 2. The van der Waals surface area contributed by atoms with E-state index in [0.29, 0.717) is 35.8 Å². The van der Waals surface area contributed by atoms with Gasteiger partial charge in [-0.15, -0.1) is 0 Å². The van der Waals surface area contributed by atoms with Crippen LogP contribution in [0.1, 0.15) is 18.4 Å². The molecule has 0 radical (unpaired) electrons. The van der Waals surface area contributed by atoms with Gasteiger partial charge in [-0.25, -0.2) is 0 Å². The summed E-state index contributed by atoms with van der Waals surface area (Å²) < 4.78 is 10.6. The summed E-state index contributed by atoms with van der Waals surface area (Å²) in [6.45, 7) is 0.467. The molecular weight excluding hydrogens is 334 g/mol. The molecule has 2 aliphatic heterocycles. The number of hydrogen-bond acceptors (Lipinski definition) is 5. The second-order valence-corrected chi connectivity index (χ2v) is 6.26. The average Bonchev–Trinajstić information content (AvgIpc) is 3.08. The van der Waals surface area contributed by atoms with Gasteiger partial charge in [0.2, 0.25) is 18.6 Å². The van der Waals surface area contributed by atoms with Gasteiger partial charge in [-0.3, -0.25) is 9.59 Å². The number of ether oxygens (including phenoxy) is 2. The summed E-state index contributed by atoms with van der Waals surface area (Å²) in [5.41, 5.74) is 8.85. The van der Waals surface area contributed by atoms with Crippen molar-refractivity contribution in [2.75, 3.05) is 29.3 Å². The first-order valence-corrected chi connectivity index (χ1v) is 8.49. The third kappa shape index (κ3) is 3.03. The van der Waals surface area contributed by atoms with Crippen LogP contribution in [0.3, 0.4) is 0 Å². The lowest BCUT2D eigenvalue weighted by Gasteiger charge is -2.29. The normalized spacial score (nSPS) is 14.9. The topological polar surface area (TPSA) is 93.9 Å². The fourth-order valence-electron chi connectivity index (χ4n) is 3.23. The van der Waals surface area contributed by atoms with Crippen LogP contribution in [0.15, 0.2) is 36.4 Å². The summed E-state index contributed by atoms with van der Waals surface area (Å²) in [5, 5.41) is 2.78. The van der Waals surface area contributed by atoms with E-state index in [1.807, 2.05) is 24.3 Å². The summed E-state index contributed by atoms with van der Waals surface area (Å²) in [4.78, 5) is 26.3. The van der Waals surface area contributed by atoms with Gasteiger partial charge >= 0.3 is 0 Å². The molecule has 7 heteroatoms. The number of nitrogens with two attached hydrogens (primary N) is 1. The largest absolute Gasteiger partial charge is 0.454 e. The zero-order chi connectivity index (χ0) is 18.1. The van der Waals surface area contributed by atoms with E-state index in [9.17, 15) is 9.59 Å². The maximum Gasteiger partial charge on any atom is 0.231 e. The molecule has 4 rings (SSSR count). The molecule has 0 aromatic heterocycles. The van der Waals surface area contributed by atoms with Crippen LogP contribution in [0.25, 0.3) is 0 Å². The average molecular weight is 353 g/mol. The highest BCUT2D eigenvalue weighted by Gasteiger charge is 2.24. The van der Waals surface area contributed by atoms with Crippen molar-refractivity contribution in [3.63, 3.8) is 0 Å². The third-order valence-corrected chi connectivity index (χ3v) is 4.57. The molecule has 2 aromatic carbocycles. The van der Waals surface area contributed by atoms with Crippen molar-refractivity contribution in [3.8, 4) is 11.5 Å². The highest BCUT2D eigenvalue weighted by atomic mass is 16.7. The Bertz CT molecular complexity index is 881. The monoisotopic (exact) mass is 353 g/mol. The van der Waals surface area contributed by atoms with E-state index >= 15 is 0 Å². The van der Waals surface area contributed by atoms with E-state index in [4.69, 9.17) is 15.2 Å². The van der Waals surface area contributed by atoms with Crippen molar-refractivity contribution in [2.24, 2.45) is 0 Å². The molecule has 134 valence electrons.